The Morgan fingerprint density at radius 3 is 1.29 bits per heavy atom. The Bertz CT molecular complexity index is 1070. The van der Waals surface area contributed by atoms with E-state index in [1.54, 1.807) is 12.1 Å². The first kappa shape index (κ1) is 21.3. The van der Waals surface area contributed by atoms with Crippen molar-refractivity contribution >= 4 is 34.6 Å². The van der Waals surface area contributed by atoms with E-state index in [4.69, 9.17) is 39.4 Å². The van der Waals surface area contributed by atoms with Gasteiger partial charge in [-0.3, -0.25) is 0 Å². The van der Waals surface area contributed by atoms with Gasteiger partial charge in [0.25, 0.3) is 0 Å². The molecule has 4 N–H and O–H groups in total. The highest BCUT2D eigenvalue weighted by Crippen LogP contribution is 2.40. The molecule has 4 aromatic carbocycles. The lowest BCUT2D eigenvalue weighted by molar-refractivity contribution is 0.0316. The fourth-order valence-electron chi connectivity index (χ4n) is 3.62. The zero-order chi connectivity index (χ0) is 21.8. The van der Waals surface area contributed by atoms with Crippen LogP contribution in [-0.2, 0) is 4.74 Å². The van der Waals surface area contributed by atoms with Crippen molar-refractivity contribution < 1.29 is 4.74 Å². The van der Waals surface area contributed by atoms with Crippen molar-refractivity contribution in [2.45, 2.75) is 12.2 Å². The second kappa shape index (κ2) is 9.44. The van der Waals surface area contributed by atoms with Crippen LogP contribution in [0.1, 0.15) is 34.5 Å². The summed E-state index contributed by atoms with van der Waals surface area (Å²) < 4.78 is 6.79. The third-order valence-electron chi connectivity index (χ3n) is 5.14. The van der Waals surface area contributed by atoms with Gasteiger partial charge in [-0.15, -0.1) is 0 Å². The van der Waals surface area contributed by atoms with Crippen molar-refractivity contribution in [2.24, 2.45) is 0 Å². The summed E-state index contributed by atoms with van der Waals surface area (Å²) >= 11 is 12.3. The molecule has 0 aliphatic heterocycles. The normalized spacial score (nSPS) is 13.0. The van der Waals surface area contributed by atoms with E-state index < -0.39 is 12.2 Å². The van der Waals surface area contributed by atoms with Gasteiger partial charge in [0.05, 0.1) is 0 Å². The molecule has 2 unspecified atom stereocenters. The van der Waals surface area contributed by atoms with Crippen molar-refractivity contribution in [2.75, 3.05) is 11.5 Å². The molecule has 3 nitrogen and oxygen atoms in total. The maximum absolute atomic E-state index is 6.79. The molecule has 0 aliphatic rings. The van der Waals surface area contributed by atoms with Crippen LogP contribution < -0.4 is 11.5 Å². The highest BCUT2D eigenvalue weighted by molar-refractivity contribution is 6.31. The summed E-state index contributed by atoms with van der Waals surface area (Å²) in [6.45, 7) is 0. The lowest BCUT2D eigenvalue weighted by Crippen LogP contribution is -2.15. The lowest BCUT2D eigenvalue weighted by Gasteiger charge is -2.28. The van der Waals surface area contributed by atoms with E-state index in [1.165, 1.54) is 0 Å². The van der Waals surface area contributed by atoms with Gasteiger partial charge in [-0.05, 0) is 35.4 Å². The van der Waals surface area contributed by atoms with E-state index >= 15 is 0 Å². The number of nitrogens with two attached hydrogens (primary N) is 2. The summed E-state index contributed by atoms with van der Waals surface area (Å²) in [6, 6.07) is 30.9. The third kappa shape index (κ3) is 4.86. The highest BCUT2D eigenvalue weighted by Gasteiger charge is 2.26. The molecule has 5 heteroatoms. The second-order valence-electron chi connectivity index (χ2n) is 7.26. The summed E-state index contributed by atoms with van der Waals surface area (Å²) in [5.41, 5.74) is 17.5. The molecule has 0 saturated carbocycles. The Morgan fingerprint density at radius 2 is 0.935 bits per heavy atom. The van der Waals surface area contributed by atoms with Gasteiger partial charge in [0.15, 0.2) is 0 Å². The molecule has 0 saturated heterocycles. The van der Waals surface area contributed by atoms with Gasteiger partial charge >= 0.3 is 0 Å². The predicted molar refractivity (Wildman–Crippen MR) is 129 cm³/mol. The molecule has 0 aromatic heterocycles. The third-order valence-corrected chi connectivity index (χ3v) is 5.61. The summed E-state index contributed by atoms with van der Waals surface area (Å²) in [4.78, 5) is 0. The van der Waals surface area contributed by atoms with Gasteiger partial charge in [0.2, 0.25) is 0 Å². The standard InChI is InChI=1S/C26H22Cl2N2O/c27-19-11-13-21(23(29)15-19)25(17-7-3-1-4-8-17)31-26(18-9-5-2-6-10-18)22-14-12-20(28)16-24(22)30/h1-16,25-26H,29-30H2. The maximum atomic E-state index is 6.79. The zero-order valence-electron chi connectivity index (χ0n) is 16.7. The molecule has 156 valence electrons. The molecule has 31 heavy (non-hydrogen) atoms. The Kier molecular flexibility index (Phi) is 6.47. The largest absolute Gasteiger partial charge is 0.398 e. The van der Waals surface area contributed by atoms with Crippen LogP contribution in [0.3, 0.4) is 0 Å². The average Bonchev–Trinajstić information content (AvgIpc) is 2.77. The Labute approximate surface area is 192 Å². The van der Waals surface area contributed by atoms with Crippen molar-refractivity contribution in [1.82, 2.24) is 0 Å². The van der Waals surface area contributed by atoms with E-state index in [0.717, 1.165) is 22.3 Å². The maximum Gasteiger partial charge on any atom is 0.111 e. The monoisotopic (exact) mass is 448 g/mol. The number of anilines is 2. The van der Waals surface area contributed by atoms with Gasteiger partial charge in [-0.2, -0.15) is 0 Å². The molecule has 0 aliphatic carbocycles. The van der Waals surface area contributed by atoms with Crippen molar-refractivity contribution in [3.63, 3.8) is 0 Å². The molecule has 4 rings (SSSR count). The Morgan fingerprint density at radius 1 is 0.548 bits per heavy atom. The van der Waals surface area contributed by atoms with Crippen molar-refractivity contribution in [3.8, 4) is 0 Å². The van der Waals surface area contributed by atoms with Gasteiger partial charge < -0.3 is 16.2 Å². The number of nitrogen functional groups attached to an aromatic ring is 2. The van der Waals surface area contributed by atoms with Crippen LogP contribution in [-0.4, -0.2) is 0 Å². The fourth-order valence-corrected chi connectivity index (χ4v) is 3.98. The molecule has 4 aromatic rings. The summed E-state index contributed by atoms with van der Waals surface area (Å²) in [5.74, 6) is 0. The van der Waals surface area contributed by atoms with E-state index in [9.17, 15) is 0 Å². The van der Waals surface area contributed by atoms with Crippen LogP contribution in [0.4, 0.5) is 11.4 Å². The Hall–Kier alpha value is -2.98. The molecular weight excluding hydrogens is 427 g/mol. The summed E-state index contributed by atoms with van der Waals surface area (Å²) in [7, 11) is 0. The quantitative estimate of drug-likeness (QED) is 0.310. The number of benzene rings is 4. The highest BCUT2D eigenvalue weighted by atomic mass is 35.5. The summed E-state index contributed by atoms with van der Waals surface area (Å²) in [6.07, 6.45) is -0.863. The topological polar surface area (TPSA) is 61.3 Å². The van der Waals surface area contributed by atoms with E-state index in [0.29, 0.717) is 21.4 Å². The molecule has 0 amide bonds. The average molecular weight is 449 g/mol. The number of rotatable bonds is 6. The minimum atomic E-state index is -0.432. The van der Waals surface area contributed by atoms with Crippen LogP contribution in [0.25, 0.3) is 0 Å². The SMILES string of the molecule is Nc1cc(Cl)ccc1C(OC(c1ccccc1)c1ccc(Cl)cc1N)c1ccccc1. The predicted octanol–water partition coefficient (Wildman–Crippen LogP) is 7.05. The van der Waals surface area contributed by atoms with Crippen LogP contribution >= 0.6 is 23.2 Å². The van der Waals surface area contributed by atoms with Crippen molar-refractivity contribution in [1.29, 1.82) is 0 Å². The van der Waals surface area contributed by atoms with Gasteiger partial charge in [-0.1, -0.05) is 96.0 Å². The zero-order valence-corrected chi connectivity index (χ0v) is 18.2. The Balaban J connectivity index is 1.84. The molecule has 2 atom stereocenters. The molecule has 0 fully saturated rings. The molecule has 0 heterocycles. The number of hydrogen-bond acceptors (Lipinski definition) is 3. The summed E-state index contributed by atoms with van der Waals surface area (Å²) in [5, 5.41) is 1.16. The van der Waals surface area contributed by atoms with Crippen LogP contribution in [0.2, 0.25) is 10.0 Å². The van der Waals surface area contributed by atoms with Gasteiger partial charge in [-0.25, -0.2) is 0 Å². The van der Waals surface area contributed by atoms with E-state index in [-0.39, 0.29) is 0 Å². The van der Waals surface area contributed by atoms with Crippen LogP contribution in [0.15, 0.2) is 97.1 Å². The fraction of sp³-hybridized carbons (Fsp3) is 0.0769. The van der Waals surface area contributed by atoms with E-state index in [2.05, 4.69) is 0 Å². The second-order valence-corrected chi connectivity index (χ2v) is 8.14. The lowest BCUT2D eigenvalue weighted by atomic mass is 9.96. The first-order valence-electron chi connectivity index (χ1n) is 9.88. The molecule has 0 spiro atoms. The molecule has 0 bridgehead atoms. The van der Waals surface area contributed by atoms with Crippen LogP contribution in [0.5, 0.6) is 0 Å². The van der Waals surface area contributed by atoms with E-state index in [1.807, 2.05) is 84.9 Å². The number of ether oxygens (including phenoxy) is 1. The first-order chi connectivity index (χ1) is 15.0. The smallest absolute Gasteiger partial charge is 0.111 e. The van der Waals surface area contributed by atoms with Crippen molar-refractivity contribution in [3.05, 3.63) is 129 Å². The number of halogens is 2. The minimum absolute atomic E-state index is 0.432. The number of hydrogen-bond donors (Lipinski definition) is 2. The minimum Gasteiger partial charge on any atom is -0.398 e. The molecule has 0 radical (unpaired) electrons. The van der Waals surface area contributed by atoms with Crippen LogP contribution in [0, 0.1) is 0 Å². The van der Waals surface area contributed by atoms with Gasteiger partial charge in [0.1, 0.15) is 12.2 Å². The first-order valence-corrected chi connectivity index (χ1v) is 10.6. The molecular formula is C26H22Cl2N2O. The van der Waals surface area contributed by atoms with Gasteiger partial charge in [0, 0.05) is 32.5 Å².